The molecule has 0 radical (unpaired) electrons. The average Bonchev–Trinajstić information content (AvgIpc) is 3.31. The summed E-state index contributed by atoms with van der Waals surface area (Å²) in [4.78, 5) is 20.2. The van der Waals surface area contributed by atoms with Crippen LogP contribution in [0.5, 0.6) is 5.75 Å². The molecule has 0 aliphatic carbocycles. The van der Waals surface area contributed by atoms with Crippen molar-refractivity contribution in [3.05, 3.63) is 48.0 Å². The number of nitrogens with zero attached hydrogens (tertiary/aromatic N) is 4. The zero-order valence-corrected chi connectivity index (χ0v) is 15.2. The number of oxazole rings is 1. The van der Waals surface area contributed by atoms with E-state index in [1.807, 2.05) is 0 Å². The molecule has 1 aromatic carbocycles. The Labute approximate surface area is 159 Å². The lowest BCUT2D eigenvalue weighted by molar-refractivity contribution is 0.0861. The zero-order chi connectivity index (χ0) is 19.2. The van der Waals surface area contributed by atoms with E-state index in [1.54, 1.807) is 17.1 Å². The Balaban J connectivity index is 1.64. The summed E-state index contributed by atoms with van der Waals surface area (Å²) in [5, 5.41) is 6.97. The lowest BCUT2D eigenvalue weighted by atomic mass is 10.1. The minimum Gasteiger partial charge on any atom is -0.459 e. The molecule has 0 aliphatic rings. The van der Waals surface area contributed by atoms with Crippen LogP contribution in [0.2, 0.25) is 5.02 Å². The summed E-state index contributed by atoms with van der Waals surface area (Å²) in [5.74, 6) is 0.103. The molecule has 1 unspecified atom stereocenters. The number of carbonyl (C=O) groups excluding carboxylic acids is 1. The highest BCUT2D eigenvalue weighted by Crippen LogP contribution is 2.32. The van der Waals surface area contributed by atoms with Crippen molar-refractivity contribution in [3.8, 4) is 17.1 Å². The summed E-state index contributed by atoms with van der Waals surface area (Å²) in [6.45, 7) is 2.33. The van der Waals surface area contributed by atoms with Crippen LogP contribution in [0.3, 0.4) is 0 Å². The Hall–Kier alpha value is -2.94. The number of hydrogen-bond donors (Lipinski definition) is 1. The van der Waals surface area contributed by atoms with Crippen molar-refractivity contribution < 1.29 is 18.3 Å². The monoisotopic (exact) mass is 392 g/mol. The summed E-state index contributed by atoms with van der Waals surface area (Å²) < 4.78 is 25.0. The molecule has 0 fully saturated rings. The van der Waals surface area contributed by atoms with Gasteiger partial charge in [0.15, 0.2) is 17.8 Å². The molecule has 10 heteroatoms. The predicted molar refractivity (Wildman–Crippen MR) is 95.1 cm³/mol. The van der Waals surface area contributed by atoms with Gasteiger partial charge < -0.3 is 14.5 Å². The van der Waals surface area contributed by atoms with E-state index < -0.39 is 6.36 Å². The molecule has 0 bridgehead atoms. The minimum atomic E-state index is -1.49. The Morgan fingerprint density at radius 1 is 1.48 bits per heavy atom. The molecular formula is C17H17ClFN5O3. The van der Waals surface area contributed by atoms with E-state index in [9.17, 15) is 9.18 Å². The van der Waals surface area contributed by atoms with Crippen LogP contribution in [0, 0.1) is 0 Å². The molecule has 8 nitrogen and oxygen atoms in total. The summed E-state index contributed by atoms with van der Waals surface area (Å²) in [5.41, 5.74) is 0.670. The molecule has 27 heavy (non-hydrogen) atoms. The van der Waals surface area contributed by atoms with E-state index in [1.165, 1.54) is 31.8 Å². The van der Waals surface area contributed by atoms with Crippen LogP contribution in [0.4, 0.5) is 4.39 Å². The van der Waals surface area contributed by atoms with Gasteiger partial charge in [-0.05, 0) is 24.6 Å². The fourth-order valence-electron chi connectivity index (χ4n) is 2.40. The molecule has 2 aromatic heterocycles. The van der Waals surface area contributed by atoms with Gasteiger partial charge in [0.2, 0.25) is 6.36 Å². The predicted octanol–water partition coefficient (Wildman–Crippen LogP) is 3.10. The van der Waals surface area contributed by atoms with Gasteiger partial charge >= 0.3 is 0 Å². The highest BCUT2D eigenvalue weighted by Gasteiger charge is 2.19. The van der Waals surface area contributed by atoms with Gasteiger partial charge in [0.25, 0.3) is 5.91 Å². The number of alkyl halides is 1. The Kier molecular flexibility index (Phi) is 6.02. The first kappa shape index (κ1) is 18.8. The molecule has 0 aliphatic heterocycles. The summed E-state index contributed by atoms with van der Waals surface area (Å²) >= 11 is 6.11. The molecule has 3 aromatic rings. The fourth-order valence-corrected chi connectivity index (χ4v) is 2.63. The van der Waals surface area contributed by atoms with Gasteiger partial charge in [-0.3, -0.25) is 9.48 Å². The molecule has 1 atom stereocenters. The van der Waals surface area contributed by atoms with Gasteiger partial charge in [-0.1, -0.05) is 11.6 Å². The molecule has 1 N–H and O–H groups in total. The summed E-state index contributed by atoms with van der Waals surface area (Å²) in [7, 11) is 0. The number of halogens is 2. The number of rotatable bonds is 8. The number of nitrogens with one attached hydrogen (secondary N) is 1. The lowest BCUT2D eigenvalue weighted by Gasteiger charge is -2.10. The van der Waals surface area contributed by atoms with E-state index in [4.69, 9.17) is 20.8 Å². The van der Waals surface area contributed by atoms with Crippen LogP contribution < -0.4 is 10.1 Å². The first-order chi connectivity index (χ1) is 13.0. The number of hydrogen-bond acceptors (Lipinski definition) is 6. The van der Waals surface area contributed by atoms with Crippen molar-refractivity contribution in [2.24, 2.45) is 0 Å². The van der Waals surface area contributed by atoms with Gasteiger partial charge in [-0.15, -0.1) is 0 Å². The highest BCUT2D eigenvalue weighted by molar-refractivity contribution is 6.32. The van der Waals surface area contributed by atoms with E-state index >= 15 is 0 Å². The maximum absolute atomic E-state index is 13.0. The second kappa shape index (κ2) is 8.63. The number of benzene rings is 1. The average molecular weight is 393 g/mol. The molecule has 2 heterocycles. The highest BCUT2D eigenvalue weighted by atomic mass is 35.5. The maximum atomic E-state index is 13.0. The van der Waals surface area contributed by atoms with Crippen molar-refractivity contribution in [1.29, 1.82) is 0 Å². The van der Waals surface area contributed by atoms with Crippen LogP contribution in [-0.2, 0) is 6.54 Å². The largest absolute Gasteiger partial charge is 0.459 e. The van der Waals surface area contributed by atoms with Gasteiger partial charge in [0, 0.05) is 25.6 Å². The minimum absolute atomic E-state index is 0.138. The smallest absolute Gasteiger partial charge is 0.273 e. The molecule has 0 saturated heterocycles. The number of carbonyl (C=O) groups is 1. The van der Waals surface area contributed by atoms with E-state index in [0.717, 1.165) is 0 Å². The molecule has 142 valence electrons. The maximum Gasteiger partial charge on any atom is 0.273 e. The van der Waals surface area contributed by atoms with Crippen LogP contribution in [0.15, 0.2) is 41.7 Å². The van der Waals surface area contributed by atoms with Crippen LogP contribution in [0.1, 0.15) is 23.8 Å². The first-order valence-electron chi connectivity index (χ1n) is 8.19. The lowest BCUT2D eigenvalue weighted by Crippen LogP contribution is -2.26. The SMILES string of the molecule is CC([18F])Oc1ccc(-c2ocnc2C(=O)NCCCn2cncn2)cc1Cl. The van der Waals surface area contributed by atoms with Crippen LogP contribution in [-0.4, -0.2) is 38.6 Å². The fraction of sp³-hybridized carbons (Fsp3) is 0.294. The van der Waals surface area contributed by atoms with Gasteiger partial charge in [-0.2, -0.15) is 5.10 Å². The van der Waals surface area contributed by atoms with Crippen molar-refractivity contribution in [3.63, 3.8) is 0 Å². The molecular weight excluding hydrogens is 376 g/mol. The second-order valence-corrected chi connectivity index (χ2v) is 6.01. The summed E-state index contributed by atoms with van der Waals surface area (Å²) in [6.07, 6.45) is 3.44. The van der Waals surface area contributed by atoms with Crippen molar-refractivity contribution in [2.75, 3.05) is 6.54 Å². The number of aryl methyl sites for hydroxylation is 1. The van der Waals surface area contributed by atoms with Gasteiger partial charge in [-0.25, -0.2) is 14.4 Å². The third-order valence-electron chi connectivity index (χ3n) is 3.58. The van der Waals surface area contributed by atoms with E-state index in [2.05, 4.69) is 20.4 Å². The third-order valence-corrected chi connectivity index (χ3v) is 3.88. The molecule has 0 saturated carbocycles. The van der Waals surface area contributed by atoms with Gasteiger partial charge in [0.05, 0.1) is 5.02 Å². The molecule has 0 spiro atoms. The van der Waals surface area contributed by atoms with Crippen molar-refractivity contribution in [2.45, 2.75) is 26.2 Å². The van der Waals surface area contributed by atoms with E-state index in [-0.39, 0.29) is 28.1 Å². The normalized spacial score (nSPS) is 12.0. The summed E-state index contributed by atoms with van der Waals surface area (Å²) in [6, 6.07) is 4.66. The Morgan fingerprint density at radius 3 is 3.04 bits per heavy atom. The zero-order valence-electron chi connectivity index (χ0n) is 14.4. The number of aromatic nitrogens is 4. The van der Waals surface area contributed by atoms with E-state index in [0.29, 0.717) is 25.1 Å². The Bertz CT molecular complexity index is 898. The van der Waals surface area contributed by atoms with Crippen LogP contribution in [0.25, 0.3) is 11.3 Å². The standard InChI is InChI=1S/C17H17ClFN5O3/c1-11(19)27-14-4-3-12(7-13(14)18)16-15(22-10-26-16)17(25)21-5-2-6-24-9-20-8-23-24/h3-4,7-11H,2,5-6H2,1H3,(H,21,25)/i19-1. The van der Waals surface area contributed by atoms with Crippen molar-refractivity contribution in [1.82, 2.24) is 25.1 Å². The quantitative estimate of drug-likeness (QED) is 0.592. The van der Waals surface area contributed by atoms with Crippen LogP contribution >= 0.6 is 11.6 Å². The second-order valence-electron chi connectivity index (χ2n) is 5.60. The van der Waals surface area contributed by atoms with Crippen molar-refractivity contribution >= 4 is 17.5 Å². The third kappa shape index (κ3) is 4.82. The number of amides is 1. The topological polar surface area (TPSA) is 95.1 Å². The van der Waals surface area contributed by atoms with Gasteiger partial charge in [0.1, 0.15) is 18.4 Å². The Morgan fingerprint density at radius 2 is 2.33 bits per heavy atom. The molecule has 3 rings (SSSR count). The molecule has 1 amide bonds. The number of ether oxygens (including phenoxy) is 1. The first-order valence-corrected chi connectivity index (χ1v) is 8.57.